The fourth-order valence-electron chi connectivity index (χ4n) is 2.78. The molecule has 6 heteroatoms. The summed E-state index contributed by atoms with van der Waals surface area (Å²) in [7, 11) is 0. The predicted octanol–water partition coefficient (Wildman–Crippen LogP) is 3.68. The Morgan fingerprint density at radius 3 is 2.44 bits per heavy atom. The third-order valence-electron chi connectivity index (χ3n) is 4.10. The summed E-state index contributed by atoms with van der Waals surface area (Å²) in [4.78, 5) is 24.3. The second-order valence-electron chi connectivity index (χ2n) is 6.14. The third kappa shape index (κ3) is 4.61. The highest BCUT2D eigenvalue weighted by Crippen LogP contribution is 2.19. The molecule has 138 valence electrons. The van der Waals surface area contributed by atoms with Crippen molar-refractivity contribution in [3.05, 3.63) is 82.7 Å². The lowest BCUT2D eigenvalue weighted by molar-refractivity contribution is -0.119. The molecule has 1 heterocycles. The molecule has 0 aliphatic rings. The van der Waals surface area contributed by atoms with E-state index in [1.54, 1.807) is 13.8 Å². The zero-order valence-electron chi connectivity index (χ0n) is 15.2. The number of nitrogens with one attached hydrogen (secondary N) is 1. The van der Waals surface area contributed by atoms with Crippen LogP contribution in [-0.2, 0) is 16.0 Å². The van der Waals surface area contributed by atoms with Crippen LogP contribution in [0, 0.1) is 13.8 Å². The zero-order valence-corrected chi connectivity index (χ0v) is 15.2. The van der Waals surface area contributed by atoms with E-state index in [1.807, 2.05) is 54.6 Å². The predicted molar refractivity (Wildman–Crippen MR) is 101 cm³/mol. The third-order valence-corrected chi connectivity index (χ3v) is 4.10. The summed E-state index contributed by atoms with van der Waals surface area (Å²) in [6, 6.07) is 17.5. The van der Waals surface area contributed by atoms with Crippen LogP contribution in [0.3, 0.4) is 0 Å². The smallest absolute Gasteiger partial charge is 0.344 e. The molecule has 0 fully saturated rings. The Morgan fingerprint density at radius 2 is 1.74 bits per heavy atom. The first-order chi connectivity index (χ1) is 13.0. The molecular weight excluding hydrogens is 344 g/mol. The zero-order chi connectivity index (χ0) is 19.2. The number of carbonyl (C=O) groups excluding carboxylic acids is 2. The van der Waals surface area contributed by atoms with Crippen LogP contribution in [0.25, 0.3) is 0 Å². The van der Waals surface area contributed by atoms with Gasteiger partial charge in [-0.1, -0.05) is 53.7 Å². The number of ether oxygens (including phenoxy) is 1. The summed E-state index contributed by atoms with van der Waals surface area (Å²) in [5.41, 5.74) is 3.51. The van der Waals surface area contributed by atoms with Crippen molar-refractivity contribution >= 4 is 17.6 Å². The maximum atomic E-state index is 12.2. The van der Waals surface area contributed by atoms with Crippen LogP contribution in [-0.4, -0.2) is 23.6 Å². The Morgan fingerprint density at radius 1 is 1.04 bits per heavy atom. The lowest BCUT2D eigenvalue weighted by Gasteiger charge is -2.11. The van der Waals surface area contributed by atoms with Crippen molar-refractivity contribution in [2.75, 3.05) is 11.9 Å². The van der Waals surface area contributed by atoms with Gasteiger partial charge in [-0.05, 0) is 37.5 Å². The number of amides is 1. The average Bonchev–Trinajstić information content (AvgIpc) is 3.01. The van der Waals surface area contributed by atoms with Gasteiger partial charge in [-0.2, -0.15) is 0 Å². The van der Waals surface area contributed by atoms with Crippen LogP contribution < -0.4 is 5.32 Å². The minimum Gasteiger partial charge on any atom is -0.452 e. The standard InChI is InChI=1S/C21H20N2O4/c1-14-20(15(2)27-23-14)21(25)26-13-19(24)22-18-11-7-6-10-17(18)12-16-8-4-3-5-9-16/h3-11H,12-13H2,1-2H3,(H,22,24). The largest absolute Gasteiger partial charge is 0.452 e. The lowest BCUT2D eigenvalue weighted by atomic mass is 10.0. The van der Waals surface area contributed by atoms with Gasteiger partial charge in [-0.25, -0.2) is 4.79 Å². The maximum Gasteiger partial charge on any atom is 0.344 e. The molecule has 0 aliphatic carbocycles. The first-order valence-corrected chi connectivity index (χ1v) is 8.56. The number of benzene rings is 2. The van der Waals surface area contributed by atoms with E-state index in [4.69, 9.17) is 9.26 Å². The lowest BCUT2D eigenvalue weighted by Crippen LogP contribution is -2.22. The van der Waals surface area contributed by atoms with Crippen molar-refractivity contribution in [1.82, 2.24) is 5.16 Å². The van der Waals surface area contributed by atoms with Gasteiger partial charge in [0.1, 0.15) is 11.3 Å². The molecule has 2 aromatic carbocycles. The summed E-state index contributed by atoms with van der Waals surface area (Å²) in [6.07, 6.45) is 0.691. The van der Waals surface area contributed by atoms with Crippen LogP contribution in [0.5, 0.6) is 0 Å². The number of hydrogen-bond acceptors (Lipinski definition) is 5. The van der Waals surface area contributed by atoms with Crippen LogP contribution in [0.2, 0.25) is 0 Å². The van der Waals surface area contributed by atoms with Gasteiger partial charge in [0, 0.05) is 5.69 Å². The Labute approximate surface area is 157 Å². The molecule has 27 heavy (non-hydrogen) atoms. The van der Waals surface area contributed by atoms with Crippen LogP contribution >= 0.6 is 0 Å². The number of esters is 1. The number of rotatable bonds is 6. The van der Waals surface area contributed by atoms with Crippen LogP contribution in [0.4, 0.5) is 5.69 Å². The first-order valence-electron chi connectivity index (χ1n) is 8.56. The quantitative estimate of drug-likeness (QED) is 0.675. The Hall–Kier alpha value is -3.41. The molecular formula is C21H20N2O4. The summed E-state index contributed by atoms with van der Waals surface area (Å²) in [6.45, 7) is 2.88. The highest BCUT2D eigenvalue weighted by molar-refractivity contribution is 5.96. The van der Waals surface area contributed by atoms with E-state index in [9.17, 15) is 9.59 Å². The molecule has 0 saturated carbocycles. The normalized spacial score (nSPS) is 10.4. The van der Waals surface area contributed by atoms with E-state index in [-0.39, 0.29) is 12.2 Å². The summed E-state index contributed by atoms with van der Waals surface area (Å²) in [5, 5.41) is 6.51. The van der Waals surface area contributed by atoms with Gasteiger partial charge in [0.15, 0.2) is 6.61 Å². The van der Waals surface area contributed by atoms with Crippen molar-refractivity contribution in [1.29, 1.82) is 0 Å². The Kier molecular flexibility index (Phi) is 5.66. The minimum absolute atomic E-state index is 0.257. The van der Waals surface area contributed by atoms with Crippen molar-refractivity contribution in [2.24, 2.45) is 0 Å². The minimum atomic E-state index is -0.626. The van der Waals surface area contributed by atoms with E-state index in [2.05, 4.69) is 10.5 Å². The number of nitrogens with zero attached hydrogens (tertiary/aromatic N) is 1. The maximum absolute atomic E-state index is 12.2. The van der Waals surface area contributed by atoms with Gasteiger partial charge in [0.2, 0.25) is 0 Å². The van der Waals surface area contributed by atoms with Crippen LogP contribution in [0.1, 0.15) is 32.9 Å². The molecule has 0 unspecified atom stereocenters. The molecule has 0 spiro atoms. The number of carbonyl (C=O) groups is 2. The van der Waals surface area contributed by atoms with Gasteiger partial charge in [0.05, 0.1) is 5.69 Å². The number of aryl methyl sites for hydroxylation is 2. The van der Waals surface area contributed by atoms with Gasteiger partial charge in [0.25, 0.3) is 5.91 Å². The molecule has 1 N–H and O–H groups in total. The van der Waals surface area contributed by atoms with E-state index in [1.165, 1.54) is 0 Å². The fraction of sp³-hybridized carbons (Fsp3) is 0.190. The number of anilines is 1. The topological polar surface area (TPSA) is 81.4 Å². The van der Waals surface area contributed by atoms with Crippen LogP contribution in [0.15, 0.2) is 59.1 Å². The summed E-state index contributed by atoms with van der Waals surface area (Å²) < 4.78 is 10.0. The summed E-state index contributed by atoms with van der Waals surface area (Å²) in [5.74, 6) is -0.666. The van der Waals surface area contributed by atoms with Gasteiger partial charge >= 0.3 is 5.97 Å². The second-order valence-corrected chi connectivity index (χ2v) is 6.14. The van der Waals surface area contributed by atoms with E-state index >= 15 is 0 Å². The van der Waals surface area contributed by atoms with E-state index in [0.29, 0.717) is 23.6 Å². The molecule has 0 radical (unpaired) electrons. The van der Waals surface area contributed by atoms with Crippen molar-refractivity contribution in [3.8, 4) is 0 Å². The SMILES string of the molecule is Cc1noc(C)c1C(=O)OCC(=O)Nc1ccccc1Cc1ccccc1. The summed E-state index contributed by atoms with van der Waals surface area (Å²) >= 11 is 0. The first kappa shape index (κ1) is 18.4. The number of hydrogen-bond donors (Lipinski definition) is 1. The number of para-hydroxylation sites is 1. The molecule has 0 bridgehead atoms. The Bertz CT molecular complexity index is 928. The molecule has 1 aromatic heterocycles. The Balaban J connectivity index is 1.62. The van der Waals surface area contributed by atoms with Gasteiger partial charge < -0.3 is 14.6 Å². The van der Waals surface area contributed by atoms with Crippen molar-refractivity contribution in [3.63, 3.8) is 0 Å². The molecule has 3 aromatic rings. The number of aromatic nitrogens is 1. The van der Waals surface area contributed by atoms with E-state index < -0.39 is 11.9 Å². The molecule has 0 aliphatic heterocycles. The highest BCUT2D eigenvalue weighted by Gasteiger charge is 2.20. The monoisotopic (exact) mass is 364 g/mol. The second kappa shape index (κ2) is 8.31. The molecule has 3 rings (SSSR count). The average molecular weight is 364 g/mol. The van der Waals surface area contributed by atoms with E-state index in [0.717, 1.165) is 11.1 Å². The molecule has 6 nitrogen and oxygen atoms in total. The molecule has 1 amide bonds. The molecule has 0 atom stereocenters. The highest BCUT2D eigenvalue weighted by atomic mass is 16.5. The fourth-order valence-corrected chi connectivity index (χ4v) is 2.78. The van der Waals surface area contributed by atoms with Gasteiger partial charge in [-0.3, -0.25) is 4.79 Å². The van der Waals surface area contributed by atoms with Crippen molar-refractivity contribution < 1.29 is 18.8 Å². The van der Waals surface area contributed by atoms with Crippen molar-refractivity contribution in [2.45, 2.75) is 20.3 Å². The molecule has 0 saturated heterocycles. The van der Waals surface area contributed by atoms with Gasteiger partial charge in [-0.15, -0.1) is 0 Å².